The molecule has 3 aromatic heterocycles. The van der Waals surface area contributed by atoms with Gasteiger partial charge >= 0.3 is 0 Å². The summed E-state index contributed by atoms with van der Waals surface area (Å²) < 4.78 is 20.5. The average molecular weight is 363 g/mol. The van der Waals surface area contributed by atoms with Crippen LogP contribution < -0.4 is 5.32 Å². The first kappa shape index (κ1) is 16.6. The summed E-state index contributed by atoms with van der Waals surface area (Å²) in [7, 11) is 0. The summed E-state index contributed by atoms with van der Waals surface area (Å²) in [5, 5.41) is 10.6. The average Bonchev–Trinajstić information content (AvgIpc) is 3.33. The predicted molar refractivity (Wildman–Crippen MR) is 95.4 cm³/mol. The van der Waals surface area contributed by atoms with Crippen LogP contribution in [0.25, 0.3) is 11.3 Å². The van der Waals surface area contributed by atoms with Gasteiger partial charge in [-0.3, -0.25) is 14.5 Å². The van der Waals surface area contributed by atoms with E-state index in [4.69, 9.17) is 4.52 Å². The van der Waals surface area contributed by atoms with Gasteiger partial charge in [-0.25, -0.2) is 4.39 Å². The molecule has 1 aromatic carbocycles. The van der Waals surface area contributed by atoms with E-state index in [1.54, 1.807) is 17.1 Å². The second-order valence-electron chi connectivity index (χ2n) is 5.80. The highest BCUT2D eigenvalue weighted by Crippen LogP contribution is 2.23. The Bertz CT molecular complexity index is 1070. The van der Waals surface area contributed by atoms with Gasteiger partial charge in [-0.2, -0.15) is 5.10 Å². The molecule has 0 aliphatic rings. The Kier molecular flexibility index (Phi) is 4.44. The van der Waals surface area contributed by atoms with Crippen LogP contribution in [-0.2, 0) is 6.54 Å². The van der Waals surface area contributed by atoms with Crippen molar-refractivity contribution in [1.82, 2.24) is 19.9 Å². The molecule has 7 nitrogen and oxygen atoms in total. The molecule has 8 heteroatoms. The quantitative estimate of drug-likeness (QED) is 0.587. The fraction of sp³-hybridized carbons (Fsp3) is 0.0526. The number of rotatable bonds is 5. The maximum atomic E-state index is 13.8. The van der Waals surface area contributed by atoms with Gasteiger partial charge in [-0.15, -0.1) is 0 Å². The van der Waals surface area contributed by atoms with Crippen LogP contribution in [0.5, 0.6) is 0 Å². The van der Waals surface area contributed by atoms with Gasteiger partial charge in [0.1, 0.15) is 0 Å². The first-order chi connectivity index (χ1) is 13.2. The van der Waals surface area contributed by atoms with E-state index < -0.39 is 11.7 Å². The molecule has 0 aliphatic heterocycles. The summed E-state index contributed by atoms with van der Waals surface area (Å²) >= 11 is 0. The number of benzene rings is 1. The topological polar surface area (TPSA) is 85.8 Å². The van der Waals surface area contributed by atoms with Gasteiger partial charge in [0.15, 0.2) is 17.3 Å². The maximum absolute atomic E-state index is 13.8. The zero-order valence-electron chi connectivity index (χ0n) is 14.0. The van der Waals surface area contributed by atoms with Gasteiger partial charge in [0.05, 0.1) is 30.2 Å². The Morgan fingerprint density at radius 1 is 1.19 bits per heavy atom. The van der Waals surface area contributed by atoms with Crippen molar-refractivity contribution < 1.29 is 13.7 Å². The number of hydrogen-bond acceptors (Lipinski definition) is 5. The zero-order chi connectivity index (χ0) is 18.6. The fourth-order valence-corrected chi connectivity index (χ4v) is 2.56. The van der Waals surface area contributed by atoms with Crippen LogP contribution in [0.15, 0.2) is 71.8 Å². The van der Waals surface area contributed by atoms with Crippen LogP contribution in [0.3, 0.4) is 0 Å². The maximum Gasteiger partial charge on any atom is 0.277 e. The molecule has 1 amide bonds. The number of hydrogen-bond donors (Lipinski definition) is 1. The number of pyridine rings is 1. The number of halogens is 1. The van der Waals surface area contributed by atoms with Crippen molar-refractivity contribution in [3.05, 3.63) is 84.3 Å². The van der Waals surface area contributed by atoms with E-state index >= 15 is 0 Å². The minimum atomic E-state index is -0.553. The summed E-state index contributed by atoms with van der Waals surface area (Å²) in [5.74, 6) is -0.874. The molecule has 1 N–H and O–H groups in total. The van der Waals surface area contributed by atoms with Gasteiger partial charge < -0.3 is 9.84 Å². The molecule has 4 aromatic rings. The molecule has 0 unspecified atom stereocenters. The molecule has 0 fully saturated rings. The lowest BCUT2D eigenvalue weighted by atomic mass is 10.2. The van der Waals surface area contributed by atoms with Crippen LogP contribution in [0, 0.1) is 5.82 Å². The van der Waals surface area contributed by atoms with Crippen molar-refractivity contribution in [2.24, 2.45) is 0 Å². The van der Waals surface area contributed by atoms with Crippen molar-refractivity contribution in [1.29, 1.82) is 0 Å². The lowest BCUT2D eigenvalue weighted by molar-refractivity contribution is 0.101. The van der Waals surface area contributed by atoms with Crippen molar-refractivity contribution in [2.45, 2.75) is 6.54 Å². The largest absolute Gasteiger partial charge is 0.355 e. The molecule has 0 saturated carbocycles. The van der Waals surface area contributed by atoms with E-state index in [1.807, 2.05) is 30.3 Å². The SMILES string of the molecule is O=C(Nc1cnn(Cc2ccccc2)c1)c1cc(-c2ccncc2F)on1. The molecule has 0 spiro atoms. The summed E-state index contributed by atoms with van der Waals surface area (Å²) in [6, 6.07) is 12.7. The number of amides is 1. The van der Waals surface area contributed by atoms with E-state index in [1.165, 1.54) is 18.3 Å². The molecular formula is C19H14FN5O2. The number of anilines is 1. The molecule has 27 heavy (non-hydrogen) atoms. The number of nitrogens with zero attached hydrogens (tertiary/aromatic N) is 4. The number of carbonyl (C=O) groups is 1. The molecule has 0 aliphatic carbocycles. The smallest absolute Gasteiger partial charge is 0.277 e. The zero-order valence-corrected chi connectivity index (χ0v) is 14.0. The van der Waals surface area contributed by atoms with Crippen molar-refractivity contribution in [3.63, 3.8) is 0 Å². The van der Waals surface area contributed by atoms with Crippen LogP contribution in [0.2, 0.25) is 0 Å². The van der Waals surface area contributed by atoms with Gasteiger partial charge in [-0.1, -0.05) is 35.5 Å². The minimum absolute atomic E-state index is 0.0389. The molecule has 134 valence electrons. The van der Waals surface area contributed by atoms with Crippen molar-refractivity contribution in [2.75, 3.05) is 5.32 Å². The van der Waals surface area contributed by atoms with Crippen molar-refractivity contribution >= 4 is 11.6 Å². The van der Waals surface area contributed by atoms with Crippen LogP contribution in [-0.4, -0.2) is 25.8 Å². The molecular weight excluding hydrogens is 349 g/mol. The first-order valence-electron chi connectivity index (χ1n) is 8.13. The van der Waals surface area contributed by atoms with Gasteiger partial charge in [0.25, 0.3) is 5.91 Å². The standard InChI is InChI=1S/C19H14FN5O2/c20-16-10-21-7-6-15(16)18-8-17(24-27-18)19(26)23-14-9-22-25(12-14)11-13-4-2-1-3-5-13/h1-10,12H,11H2,(H,23,26). The Morgan fingerprint density at radius 3 is 2.85 bits per heavy atom. The third-order valence-electron chi connectivity index (χ3n) is 3.86. The monoisotopic (exact) mass is 363 g/mol. The second kappa shape index (κ2) is 7.20. The number of nitrogens with one attached hydrogen (secondary N) is 1. The number of aromatic nitrogens is 4. The fourth-order valence-electron chi connectivity index (χ4n) is 2.56. The normalized spacial score (nSPS) is 10.7. The first-order valence-corrected chi connectivity index (χ1v) is 8.13. The third-order valence-corrected chi connectivity index (χ3v) is 3.86. The molecule has 0 bridgehead atoms. The predicted octanol–water partition coefficient (Wildman–Crippen LogP) is 3.37. The summed E-state index contributed by atoms with van der Waals surface area (Å²) in [4.78, 5) is 16.0. The van der Waals surface area contributed by atoms with E-state index in [-0.39, 0.29) is 17.0 Å². The van der Waals surface area contributed by atoms with E-state index in [0.29, 0.717) is 12.2 Å². The van der Waals surface area contributed by atoms with Crippen LogP contribution in [0.1, 0.15) is 16.1 Å². The highest BCUT2D eigenvalue weighted by molar-refractivity contribution is 6.03. The second-order valence-corrected chi connectivity index (χ2v) is 5.80. The summed E-state index contributed by atoms with van der Waals surface area (Å²) in [5.41, 5.74) is 1.85. The minimum Gasteiger partial charge on any atom is -0.355 e. The Labute approximate surface area is 153 Å². The molecule has 0 radical (unpaired) electrons. The van der Waals surface area contributed by atoms with E-state index in [9.17, 15) is 9.18 Å². The lowest BCUT2D eigenvalue weighted by Crippen LogP contribution is -2.11. The van der Waals surface area contributed by atoms with Gasteiger partial charge in [0.2, 0.25) is 0 Å². The Balaban J connectivity index is 1.45. The number of carbonyl (C=O) groups excluding carboxylic acids is 1. The van der Waals surface area contributed by atoms with E-state index in [0.717, 1.165) is 11.8 Å². The van der Waals surface area contributed by atoms with Crippen molar-refractivity contribution in [3.8, 4) is 11.3 Å². The lowest BCUT2D eigenvalue weighted by Gasteiger charge is -2.01. The third kappa shape index (κ3) is 3.74. The molecule has 4 rings (SSSR count). The summed E-state index contributed by atoms with van der Waals surface area (Å²) in [6.07, 6.45) is 5.76. The van der Waals surface area contributed by atoms with Crippen LogP contribution in [0.4, 0.5) is 10.1 Å². The van der Waals surface area contributed by atoms with Gasteiger partial charge in [0, 0.05) is 18.5 Å². The highest BCUT2D eigenvalue weighted by atomic mass is 19.1. The molecule has 0 atom stereocenters. The summed E-state index contributed by atoms with van der Waals surface area (Å²) in [6.45, 7) is 0.589. The van der Waals surface area contributed by atoms with E-state index in [2.05, 4.69) is 20.6 Å². The Hall–Kier alpha value is -3.81. The molecule has 0 saturated heterocycles. The highest BCUT2D eigenvalue weighted by Gasteiger charge is 2.16. The van der Waals surface area contributed by atoms with Crippen LogP contribution >= 0.6 is 0 Å². The van der Waals surface area contributed by atoms with Gasteiger partial charge in [-0.05, 0) is 11.6 Å². The molecule has 3 heterocycles. The Morgan fingerprint density at radius 2 is 2.04 bits per heavy atom.